The zero-order valence-corrected chi connectivity index (χ0v) is 17.0. The Morgan fingerprint density at radius 2 is 1.97 bits per heavy atom. The number of guanidine groups is 1. The van der Waals surface area contributed by atoms with Crippen LogP contribution in [-0.2, 0) is 12.1 Å². The number of hydrogen-bond donors (Lipinski definition) is 3. The van der Waals surface area contributed by atoms with Crippen LogP contribution in [0.1, 0.15) is 25.2 Å². The number of rotatable bonds is 9. The summed E-state index contributed by atoms with van der Waals surface area (Å²) in [6, 6.07) is 7.97. The van der Waals surface area contributed by atoms with Gasteiger partial charge in [-0.05, 0) is 43.7 Å². The van der Waals surface area contributed by atoms with Crippen molar-refractivity contribution in [2.24, 2.45) is 4.99 Å². The van der Waals surface area contributed by atoms with Gasteiger partial charge in [0, 0.05) is 6.54 Å². The van der Waals surface area contributed by atoms with Crippen LogP contribution in [0.2, 0.25) is 0 Å². The average molecular weight is 429 g/mol. The van der Waals surface area contributed by atoms with Crippen molar-refractivity contribution in [3.63, 3.8) is 0 Å². The van der Waals surface area contributed by atoms with E-state index in [-0.39, 0.29) is 24.6 Å². The Kier molecular flexibility index (Phi) is 7.99. The SMILES string of the molecule is CCNC(=NCc1ccc(OCC(F)(F)F)c(OC)c1)NCC(C)(O)c1ccco1. The highest BCUT2D eigenvalue weighted by Crippen LogP contribution is 2.30. The van der Waals surface area contributed by atoms with E-state index in [0.29, 0.717) is 23.8 Å². The van der Waals surface area contributed by atoms with Crippen LogP contribution in [0, 0.1) is 0 Å². The van der Waals surface area contributed by atoms with E-state index in [1.807, 2.05) is 6.92 Å². The van der Waals surface area contributed by atoms with Gasteiger partial charge >= 0.3 is 6.18 Å². The van der Waals surface area contributed by atoms with Gasteiger partial charge in [0.15, 0.2) is 24.1 Å². The fourth-order valence-electron chi connectivity index (χ4n) is 2.53. The van der Waals surface area contributed by atoms with Crippen molar-refractivity contribution in [1.29, 1.82) is 0 Å². The zero-order valence-electron chi connectivity index (χ0n) is 17.0. The predicted molar refractivity (Wildman–Crippen MR) is 106 cm³/mol. The van der Waals surface area contributed by atoms with Crippen LogP contribution in [0.15, 0.2) is 46.0 Å². The van der Waals surface area contributed by atoms with E-state index in [2.05, 4.69) is 15.6 Å². The third-order valence-electron chi connectivity index (χ3n) is 4.04. The quantitative estimate of drug-likeness (QED) is 0.419. The maximum atomic E-state index is 12.4. The fourth-order valence-corrected chi connectivity index (χ4v) is 2.53. The molecule has 1 aromatic carbocycles. The molecule has 30 heavy (non-hydrogen) atoms. The lowest BCUT2D eigenvalue weighted by Gasteiger charge is -2.22. The number of ether oxygens (including phenoxy) is 2. The number of nitrogens with one attached hydrogen (secondary N) is 2. The molecular formula is C20H26F3N3O4. The zero-order chi connectivity index (χ0) is 22.2. The number of methoxy groups -OCH3 is 1. The molecule has 10 heteroatoms. The first kappa shape index (κ1) is 23.4. The predicted octanol–water partition coefficient (Wildman–Crippen LogP) is 3.19. The fraction of sp³-hybridized carbons (Fsp3) is 0.450. The summed E-state index contributed by atoms with van der Waals surface area (Å²) in [5.41, 5.74) is -0.526. The smallest absolute Gasteiger partial charge is 0.422 e. The second kappa shape index (κ2) is 10.2. The monoisotopic (exact) mass is 429 g/mol. The molecule has 0 aliphatic heterocycles. The topological polar surface area (TPSA) is 88.3 Å². The number of halogens is 3. The molecule has 1 aromatic heterocycles. The molecule has 0 spiro atoms. The van der Waals surface area contributed by atoms with Gasteiger partial charge in [-0.15, -0.1) is 0 Å². The number of aliphatic imine (C=N–C) groups is 1. The first-order valence-corrected chi connectivity index (χ1v) is 9.29. The molecule has 0 bridgehead atoms. The van der Waals surface area contributed by atoms with Crippen molar-refractivity contribution >= 4 is 5.96 Å². The summed E-state index contributed by atoms with van der Waals surface area (Å²) in [4.78, 5) is 4.43. The van der Waals surface area contributed by atoms with Gasteiger partial charge in [-0.2, -0.15) is 13.2 Å². The highest BCUT2D eigenvalue weighted by atomic mass is 19.4. The van der Waals surface area contributed by atoms with Crippen molar-refractivity contribution in [1.82, 2.24) is 10.6 Å². The van der Waals surface area contributed by atoms with Gasteiger partial charge in [-0.1, -0.05) is 6.07 Å². The summed E-state index contributed by atoms with van der Waals surface area (Å²) < 4.78 is 52.2. The summed E-state index contributed by atoms with van der Waals surface area (Å²) in [6.45, 7) is 3.10. The summed E-state index contributed by atoms with van der Waals surface area (Å²) in [7, 11) is 1.35. The van der Waals surface area contributed by atoms with Crippen LogP contribution in [0.4, 0.5) is 13.2 Å². The van der Waals surface area contributed by atoms with Crippen LogP contribution < -0.4 is 20.1 Å². The van der Waals surface area contributed by atoms with Crippen molar-refractivity contribution < 1.29 is 32.2 Å². The lowest BCUT2D eigenvalue weighted by Crippen LogP contribution is -2.44. The summed E-state index contributed by atoms with van der Waals surface area (Å²) >= 11 is 0. The minimum atomic E-state index is -4.43. The van der Waals surface area contributed by atoms with Crippen LogP contribution in [0.5, 0.6) is 11.5 Å². The first-order valence-electron chi connectivity index (χ1n) is 9.29. The highest BCUT2D eigenvalue weighted by molar-refractivity contribution is 5.79. The van der Waals surface area contributed by atoms with Crippen LogP contribution in [0.25, 0.3) is 0 Å². The Morgan fingerprint density at radius 1 is 1.20 bits per heavy atom. The molecule has 0 saturated carbocycles. The van der Waals surface area contributed by atoms with Gasteiger partial charge in [-0.3, -0.25) is 0 Å². The minimum Gasteiger partial charge on any atom is -0.493 e. The lowest BCUT2D eigenvalue weighted by atomic mass is 10.0. The molecule has 1 unspecified atom stereocenters. The van der Waals surface area contributed by atoms with E-state index >= 15 is 0 Å². The Labute approximate surface area is 172 Å². The van der Waals surface area contributed by atoms with E-state index in [0.717, 1.165) is 0 Å². The molecule has 0 saturated heterocycles. The Morgan fingerprint density at radius 3 is 2.57 bits per heavy atom. The molecule has 2 rings (SSSR count). The molecule has 0 aliphatic carbocycles. The van der Waals surface area contributed by atoms with Crippen molar-refractivity contribution in [2.45, 2.75) is 32.2 Å². The van der Waals surface area contributed by atoms with Crippen molar-refractivity contribution in [3.8, 4) is 11.5 Å². The number of hydrogen-bond acceptors (Lipinski definition) is 5. The highest BCUT2D eigenvalue weighted by Gasteiger charge is 2.29. The van der Waals surface area contributed by atoms with E-state index in [1.54, 1.807) is 31.2 Å². The standard InChI is InChI=1S/C20H26F3N3O4/c1-4-24-18(26-12-19(2,27)17-6-5-9-29-17)25-11-14-7-8-15(16(10-14)28-3)30-13-20(21,22)23/h5-10,27H,4,11-13H2,1-3H3,(H2,24,25,26). The Balaban J connectivity index is 2.04. The molecule has 0 radical (unpaired) electrons. The second-order valence-electron chi connectivity index (χ2n) is 6.69. The first-order chi connectivity index (χ1) is 14.1. The molecule has 2 aromatic rings. The number of nitrogens with zero attached hydrogens (tertiary/aromatic N) is 1. The Bertz CT molecular complexity index is 821. The number of alkyl halides is 3. The summed E-state index contributed by atoms with van der Waals surface area (Å²) in [5, 5.41) is 16.6. The number of benzene rings is 1. The Hall–Kier alpha value is -2.88. The van der Waals surface area contributed by atoms with Gasteiger partial charge in [0.2, 0.25) is 0 Å². The maximum absolute atomic E-state index is 12.4. The molecule has 0 fully saturated rings. The van der Waals surface area contributed by atoms with Crippen molar-refractivity contribution in [2.75, 3.05) is 26.8 Å². The third-order valence-corrected chi connectivity index (χ3v) is 4.04. The van der Waals surface area contributed by atoms with Crippen molar-refractivity contribution in [3.05, 3.63) is 47.9 Å². The lowest BCUT2D eigenvalue weighted by molar-refractivity contribution is -0.153. The van der Waals surface area contributed by atoms with Crippen LogP contribution in [0.3, 0.4) is 0 Å². The molecule has 0 aliphatic rings. The van der Waals surface area contributed by atoms with Crippen LogP contribution >= 0.6 is 0 Å². The van der Waals surface area contributed by atoms with Gasteiger partial charge < -0.3 is 29.6 Å². The second-order valence-corrected chi connectivity index (χ2v) is 6.69. The molecule has 0 amide bonds. The van der Waals surface area contributed by atoms with Gasteiger partial charge in [0.25, 0.3) is 0 Å². The number of aliphatic hydroxyl groups is 1. The molecule has 166 valence electrons. The molecule has 1 atom stereocenters. The minimum absolute atomic E-state index is 0.00193. The van der Waals surface area contributed by atoms with E-state index in [9.17, 15) is 18.3 Å². The third kappa shape index (κ3) is 7.18. The molecule has 3 N–H and O–H groups in total. The maximum Gasteiger partial charge on any atom is 0.422 e. The summed E-state index contributed by atoms with van der Waals surface area (Å²) in [6.07, 6.45) is -2.95. The molecule has 1 heterocycles. The van der Waals surface area contributed by atoms with Gasteiger partial charge in [0.05, 0.1) is 26.5 Å². The van der Waals surface area contributed by atoms with Gasteiger partial charge in [-0.25, -0.2) is 4.99 Å². The summed E-state index contributed by atoms with van der Waals surface area (Å²) in [5.74, 6) is 1.07. The van der Waals surface area contributed by atoms with E-state index in [4.69, 9.17) is 13.9 Å². The van der Waals surface area contributed by atoms with Gasteiger partial charge in [0.1, 0.15) is 11.4 Å². The number of furan rings is 1. The van der Waals surface area contributed by atoms with E-state index < -0.39 is 18.4 Å². The van der Waals surface area contributed by atoms with Crippen LogP contribution in [-0.4, -0.2) is 44.0 Å². The molecule has 7 nitrogen and oxygen atoms in total. The van der Waals surface area contributed by atoms with E-state index in [1.165, 1.54) is 19.4 Å². The average Bonchev–Trinajstić information content (AvgIpc) is 3.24. The molecular weight excluding hydrogens is 403 g/mol. The normalized spacial score (nSPS) is 14.2. The largest absolute Gasteiger partial charge is 0.493 e.